The van der Waals surface area contributed by atoms with Crippen molar-refractivity contribution < 1.29 is 9.59 Å². The van der Waals surface area contributed by atoms with Gasteiger partial charge in [0, 0.05) is 7.05 Å². The molecule has 2 N–H and O–H groups in total. The summed E-state index contributed by atoms with van der Waals surface area (Å²) in [6.45, 7) is 0. The van der Waals surface area contributed by atoms with Gasteiger partial charge in [-0.3, -0.25) is 14.5 Å². The minimum atomic E-state index is -1.14. The molecule has 0 unspecified atom stereocenters. The van der Waals surface area contributed by atoms with E-state index < -0.39 is 17.2 Å². The van der Waals surface area contributed by atoms with Crippen molar-refractivity contribution in [2.75, 3.05) is 7.05 Å². The molecule has 0 heterocycles. The van der Waals surface area contributed by atoms with Crippen molar-refractivity contribution in [1.29, 1.82) is 5.26 Å². The van der Waals surface area contributed by atoms with Gasteiger partial charge in [0.15, 0.2) is 6.19 Å². The van der Waals surface area contributed by atoms with E-state index in [-0.39, 0.29) is 0 Å². The molecule has 0 bridgehead atoms. The number of nitrogens with two attached hydrogens (primary N) is 1. The quantitative estimate of drug-likeness (QED) is 0.404. The fourth-order valence-corrected chi connectivity index (χ4v) is 2.09. The van der Waals surface area contributed by atoms with Crippen LogP contribution in [0, 0.1) is 16.9 Å². The molecule has 0 aromatic carbocycles. The Kier molecular flexibility index (Phi) is 3.30. The summed E-state index contributed by atoms with van der Waals surface area (Å²) in [5, 5.41) is 8.64. The molecule has 1 fully saturated rings. The van der Waals surface area contributed by atoms with Gasteiger partial charge in [0.25, 0.3) is 5.91 Å². The molecule has 1 rings (SSSR count). The monoisotopic (exact) mass is 209 g/mol. The fourth-order valence-electron chi connectivity index (χ4n) is 2.09. The molecule has 15 heavy (non-hydrogen) atoms. The third-order valence-corrected chi connectivity index (χ3v) is 3.04. The lowest BCUT2D eigenvalue weighted by atomic mass is 9.72. The van der Waals surface area contributed by atoms with Gasteiger partial charge in [0.2, 0.25) is 5.91 Å². The highest BCUT2D eigenvalue weighted by Gasteiger charge is 2.46. The number of carbonyl (C=O) groups is 2. The fraction of sp³-hybridized carbons (Fsp3) is 0.700. The number of nitriles is 1. The average molecular weight is 209 g/mol. The lowest BCUT2D eigenvalue weighted by Gasteiger charge is -2.33. The van der Waals surface area contributed by atoms with Gasteiger partial charge in [-0.15, -0.1) is 0 Å². The Morgan fingerprint density at radius 2 is 1.87 bits per heavy atom. The maximum absolute atomic E-state index is 11.9. The van der Waals surface area contributed by atoms with E-state index in [1.807, 2.05) is 0 Å². The Labute approximate surface area is 88.8 Å². The molecular formula is C10H15N3O2. The Bertz CT molecular complexity index is 313. The van der Waals surface area contributed by atoms with Crippen LogP contribution in [0.25, 0.3) is 0 Å². The number of rotatable bonds is 2. The molecule has 1 aliphatic rings. The van der Waals surface area contributed by atoms with Crippen LogP contribution >= 0.6 is 0 Å². The zero-order valence-corrected chi connectivity index (χ0v) is 8.82. The van der Waals surface area contributed by atoms with Gasteiger partial charge in [-0.25, -0.2) is 0 Å². The summed E-state index contributed by atoms with van der Waals surface area (Å²) in [6, 6.07) is 0. The van der Waals surface area contributed by atoms with Crippen molar-refractivity contribution in [2.24, 2.45) is 11.1 Å². The zero-order valence-electron chi connectivity index (χ0n) is 8.82. The van der Waals surface area contributed by atoms with Crippen LogP contribution in [0.4, 0.5) is 0 Å². The van der Waals surface area contributed by atoms with Crippen molar-refractivity contribution in [3.8, 4) is 6.19 Å². The lowest BCUT2D eigenvalue weighted by molar-refractivity contribution is -0.148. The summed E-state index contributed by atoms with van der Waals surface area (Å²) in [6.07, 6.45) is 5.29. The first kappa shape index (κ1) is 11.5. The van der Waals surface area contributed by atoms with Crippen LogP contribution < -0.4 is 5.73 Å². The molecule has 0 saturated heterocycles. The Morgan fingerprint density at radius 3 is 2.27 bits per heavy atom. The van der Waals surface area contributed by atoms with Crippen molar-refractivity contribution in [3.05, 3.63) is 0 Å². The molecular weight excluding hydrogens is 194 g/mol. The number of amides is 2. The predicted molar refractivity (Wildman–Crippen MR) is 53.1 cm³/mol. The summed E-state index contributed by atoms with van der Waals surface area (Å²) in [4.78, 5) is 24.2. The van der Waals surface area contributed by atoms with E-state index in [2.05, 4.69) is 0 Å². The minimum absolute atomic E-state index is 0.461. The summed E-state index contributed by atoms with van der Waals surface area (Å²) < 4.78 is 0. The van der Waals surface area contributed by atoms with Crippen LogP contribution in [-0.2, 0) is 9.59 Å². The molecule has 0 radical (unpaired) electrons. The van der Waals surface area contributed by atoms with Crippen LogP contribution in [0.3, 0.4) is 0 Å². The van der Waals surface area contributed by atoms with Gasteiger partial charge in [-0.1, -0.05) is 19.3 Å². The summed E-state index contributed by atoms with van der Waals surface area (Å²) >= 11 is 0. The second-order valence-electron chi connectivity index (χ2n) is 3.97. The highest BCUT2D eigenvalue weighted by Crippen LogP contribution is 2.37. The third-order valence-electron chi connectivity index (χ3n) is 3.04. The van der Waals surface area contributed by atoms with Crippen molar-refractivity contribution >= 4 is 11.8 Å². The SMILES string of the molecule is CN(C#N)C(=O)C1(C(N)=O)CCCCC1. The highest BCUT2D eigenvalue weighted by atomic mass is 16.2. The normalized spacial score (nSPS) is 18.9. The number of hydrogen-bond donors (Lipinski definition) is 1. The molecule has 1 aliphatic carbocycles. The number of carbonyl (C=O) groups excluding carboxylic acids is 2. The predicted octanol–water partition coefficient (Wildman–Crippen LogP) is 0.362. The molecule has 0 aromatic rings. The van der Waals surface area contributed by atoms with E-state index in [9.17, 15) is 9.59 Å². The van der Waals surface area contributed by atoms with Crippen LogP contribution in [0.1, 0.15) is 32.1 Å². The summed E-state index contributed by atoms with van der Waals surface area (Å²) in [5.74, 6) is -1.06. The van der Waals surface area contributed by atoms with Gasteiger partial charge >= 0.3 is 0 Å². The van der Waals surface area contributed by atoms with Crippen LogP contribution in [0.5, 0.6) is 0 Å². The second-order valence-corrected chi connectivity index (χ2v) is 3.97. The average Bonchev–Trinajstić information content (AvgIpc) is 2.27. The smallest absolute Gasteiger partial charge is 0.250 e. The van der Waals surface area contributed by atoms with E-state index in [1.165, 1.54) is 7.05 Å². The topological polar surface area (TPSA) is 87.2 Å². The number of hydrogen-bond acceptors (Lipinski definition) is 3. The number of nitrogens with zero attached hydrogens (tertiary/aromatic N) is 2. The summed E-state index contributed by atoms with van der Waals surface area (Å²) in [5.41, 5.74) is 4.16. The first-order valence-corrected chi connectivity index (χ1v) is 5.02. The lowest BCUT2D eigenvalue weighted by Crippen LogP contribution is -2.50. The molecule has 0 spiro atoms. The first-order chi connectivity index (χ1) is 7.04. The Balaban J connectivity index is 2.96. The van der Waals surface area contributed by atoms with E-state index >= 15 is 0 Å². The van der Waals surface area contributed by atoms with Crippen molar-refractivity contribution in [3.63, 3.8) is 0 Å². The summed E-state index contributed by atoms with van der Waals surface area (Å²) in [7, 11) is 1.36. The zero-order chi connectivity index (χ0) is 11.5. The van der Waals surface area contributed by atoms with E-state index in [0.29, 0.717) is 12.8 Å². The second kappa shape index (κ2) is 4.30. The maximum atomic E-state index is 11.9. The molecule has 0 atom stereocenters. The molecule has 82 valence electrons. The van der Waals surface area contributed by atoms with Gasteiger partial charge in [-0.05, 0) is 12.8 Å². The molecule has 5 heteroatoms. The van der Waals surface area contributed by atoms with E-state index in [4.69, 9.17) is 11.0 Å². The Hall–Kier alpha value is -1.57. The van der Waals surface area contributed by atoms with Gasteiger partial charge in [0.05, 0.1) is 0 Å². The van der Waals surface area contributed by atoms with Gasteiger partial charge < -0.3 is 5.73 Å². The molecule has 0 aromatic heterocycles. The van der Waals surface area contributed by atoms with Gasteiger partial charge in [-0.2, -0.15) is 5.26 Å². The number of primary amides is 1. The largest absolute Gasteiger partial charge is 0.369 e. The molecule has 0 aliphatic heterocycles. The molecule has 5 nitrogen and oxygen atoms in total. The minimum Gasteiger partial charge on any atom is -0.369 e. The van der Waals surface area contributed by atoms with Crippen molar-refractivity contribution in [2.45, 2.75) is 32.1 Å². The van der Waals surface area contributed by atoms with Crippen LogP contribution in [0.15, 0.2) is 0 Å². The first-order valence-electron chi connectivity index (χ1n) is 5.02. The van der Waals surface area contributed by atoms with Crippen LogP contribution in [0.2, 0.25) is 0 Å². The Morgan fingerprint density at radius 1 is 1.33 bits per heavy atom. The van der Waals surface area contributed by atoms with Crippen LogP contribution in [-0.4, -0.2) is 23.8 Å². The highest BCUT2D eigenvalue weighted by molar-refractivity contribution is 6.04. The van der Waals surface area contributed by atoms with E-state index in [1.54, 1.807) is 6.19 Å². The third kappa shape index (κ3) is 1.94. The molecule has 2 amide bonds. The molecule has 1 saturated carbocycles. The van der Waals surface area contributed by atoms with Gasteiger partial charge in [0.1, 0.15) is 5.41 Å². The van der Waals surface area contributed by atoms with Crippen molar-refractivity contribution in [1.82, 2.24) is 4.90 Å². The maximum Gasteiger partial charge on any atom is 0.250 e. The standard InChI is InChI=1S/C10H15N3O2/c1-13(7-11)9(15)10(8(12)14)5-3-2-4-6-10/h2-6H2,1H3,(H2,12,14). The van der Waals surface area contributed by atoms with E-state index in [0.717, 1.165) is 24.2 Å².